The highest BCUT2D eigenvalue weighted by Crippen LogP contribution is 2.22. The Morgan fingerprint density at radius 2 is 1.76 bits per heavy atom. The largest absolute Gasteiger partial charge is 0.357 e. The second kappa shape index (κ2) is 10.4. The number of aliphatic imine (C=N–C) groups is 1. The zero-order valence-electron chi connectivity index (χ0n) is 15.5. The molecule has 0 aliphatic rings. The number of halogens is 1. The Balaban J connectivity index is 0.00000312. The van der Waals surface area contributed by atoms with Gasteiger partial charge in [0.05, 0.1) is 18.8 Å². The summed E-state index contributed by atoms with van der Waals surface area (Å²) in [6.07, 6.45) is 1.80. The zero-order valence-corrected chi connectivity index (χ0v) is 17.9. The molecule has 136 valence electrons. The molecule has 0 saturated carbocycles. The lowest BCUT2D eigenvalue weighted by atomic mass is 9.87. The fourth-order valence-corrected chi connectivity index (χ4v) is 2.30. The van der Waals surface area contributed by atoms with Crippen molar-refractivity contribution in [2.75, 3.05) is 6.54 Å². The van der Waals surface area contributed by atoms with Crippen LogP contribution in [0.3, 0.4) is 0 Å². The van der Waals surface area contributed by atoms with Gasteiger partial charge in [0.15, 0.2) is 5.96 Å². The third-order valence-corrected chi connectivity index (χ3v) is 3.75. The van der Waals surface area contributed by atoms with Gasteiger partial charge in [-0.05, 0) is 35.6 Å². The molecule has 25 heavy (non-hydrogen) atoms. The van der Waals surface area contributed by atoms with Gasteiger partial charge in [0.2, 0.25) is 0 Å². The molecule has 2 aromatic rings. The highest BCUT2D eigenvalue weighted by molar-refractivity contribution is 14.0. The Morgan fingerprint density at radius 1 is 1.04 bits per heavy atom. The lowest BCUT2D eigenvalue weighted by Crippen LogP contribution is -2.37. The number of benzene rings is 1. The van der Waals surface area contributed by atoms with Gasteiger partial charge in [0.1, 0.15) is 0 Å². The minimum Gasteiger partial charge on any atom is -0.357 e. The molecule has 0 saturated heterocycles. The van der Waals surface area contributed by atoms with Crippen LogP contribution in [-0.2, 0) is 18.5 Å². The van der Waals surface area contributed by atoms with E-state index >= 15 is 0 Å². The van der Waals surface area contributed by atoms with Gasteiger partial charge in [0.25, 0.3) is 0 Å². The van der Waals surface area contributed by atoms with Crippen molar-refractivity contribution >= 4 is 29.9 Å². The van der Waals surface area contributed by atoms with E-state index in [1.165, 1.54) is 11.1 Å². The summed E-state index contributed by atoms with van der Waals surface area (Å²) >= 11 is 0. The van der Waals surface area contributed by atoms with Crippen molar-refractivity contribution in [1.29, 1.82) is 0 Å². The third-order valence-electron chi connectivity index (χ3n) is 3.75. The maximum absolute atomic E-state index is 4.66. The van der Waals surface area contributed by atoms with Crippen LogP contribution in [0.5, 0.6) is 0 Å². The van der Waals surface area contributed by atoms with Crippen LogP contribution in [0.25, 0.3) is 0 Å². The standard InChI is InChI=1S/C20H28N4.HI/c1-5-21-19(24-15-18-8-6-7-13-22-18)23-14-16-9-11-17(12-10-16)20(2,3)4;/h6-13H,5,14-15H2,1-4H3,(H2,21,23,24);1H. The van der Waals surface area contributed by atoms with E-state index in [0.29, 0.717) is 13.1 Å². The van der Waals surface area contributed by atoms with Crippen molar-refractivity contribution in [3.63, 3.8) is 0 Å². The van der Waals surface area contributed by atoms with Gasteiger partial charge in [-0.25, -0.2) is 4.99 Å². The number of rotatable bonds is 5. The van der Waals surface area contributed by atoms with Crippen molar-refractivity contribution in [2.45, 2.75) is 46.2 Å². The minimum atomic E-state index is 0. The van der Waals surface area contributed by atoms with Crippen molar-refractivity contribution in [1.82, 2.24) is 15.6 Å². The smallest absolute Gasteiger partial charge is 0.191 e. The van der Waals surface area contributed by atoms with Gasteiger partial charge in [-0.3, -0.25) is 4.98 Å². The van der Waals surface area contributed by atoms with Crippen LogP contribution in [0.2, 0.25) is 0 Å². The normalized spacial score (nSPS) is 11.6. The molecule has 0 spiro atoms. The average molecular weight is 452 g/mol. The lowest BCUT2D eigenvalue weighted by molar-refractivity contribution is 0.590. The number of nitrogens with one attached hydrogen (secondary N) is 2. The SMILES string of the molecule is CCNC(=NCc1ccc(C(C)(C)C)cc1)NCc1ccccn1.I. The molecule has 0 aliphatic carbocycles. The molecule has 0 fully saturated rings. The third kappa shape index (κ3) is 7.42. The van der Waals surface area contributed by atoms with E-state index in [9.17, 15) is 0 Å². The molecule has 4 nitrogen and oxygen atoms in total. The summed E-state index contributed by atoms with van der Waals surface area (Å²) in [6, 6.07) is 14.6. The number of hydrogen-bond donors (Lipinski definition) is 2. The maximum Gasteiger partial charge on any atom is 0.191 e. The van der Waals surface area contributed by atoms with Crippen LogP contribution in [0.4, 0.5) is 0 Å². The summed E-state index contributed by atoms with van der Waals surface area (Å²) in [5, 5.41) is 6.59. The monoisotopic (exact) mass is 452 g/mol. The Kier molecular flexibility index (Phi) is 8.89. The van der Waals surface area contributed by atoms with Gasteiger partial charge in [-0.2, -0.15) is 0 Å². The quantitative estimate of drug-likeness (QED) is 0.405. The van der Waals surface area contributed by atoms with Gasteiger partial charge >= 0.3 is 0 Å². The zero-order chi connectivity index (χ0) is 17.4. The molecule has 2 N–H and O–H groups in total. The summed E-state index contributed by atoms with van der Waals surface area (Å²) in [4.78, 5) is 8.97. The van der Waals surface area contributed by atoms with Crippen LogP contribution in [0, 0.1) is 0 Å². The molecular formula is C20H29IN4. The van der Waals surface area contributed by atoms with E-state index in [-0.39, 0.29) is 29.4 Å². The molecule has 0 atom stereocenters. The predicted molar refractivity (Wildman–Crippen MR) is 116 cm³/mol. The fraction of sp³-hybridized carbons (Fsp3) is 0.400. The van der Waals surface area contributed by atoms with Crippen molar-refractivity contribution in [2.24, 2.45) is 4.99 Å². The van der Waals surface area contributed by atoms with Crippen molar-refractivity contribution < 1.29 is 0 Å². The van der Waals surface area contributed by atoms with Gasteiger partial charge in [0, 0.05) is 12.7 Å². The van der Waals surface area contributed by atoms with Gasteiger partial charge in [-0.15, -0.1) is 24.0 Å². The first kappa shape index (κ1) is 21.4. The van der Waals surface area contributed by atoms with E-state index < -0.39 is 0 Å². The Bertz CT molecular complexity index is 646. The van der Waals surface area contributed by atoms with Crippen LogP contribution in [0.15, 0.2) is 53.7 Å². The number of nitrogens with zero attached hydrogens (tertiary/aromatic N) is 2. The molecule has 0 unspecified atom stereocenters. The molecule has 1 aromatic carbocycles. The molecule has 0 amide bonds. The Labute approximate surface area is 168 Å². The maximum atomic E-state index is 4.66. The van der Waals surface area contributed by atoms with Crippen LogP contribution in [0.1, 0.15) is 44.5 Å². The van der Waals surface area contributed by atoms with Crippen LogP contribution >= 0.6 is 24.0 Å². The first-order valence-corrected chi connectivity index (χ1v) is 8.50. The summed E-state index contributed by atoms with van der Waals surface area (Å²) in [6.45, 7) is 10.9. The summed E-state index contributed by atoms with van der Waals surface area (Å²) < 4.78 is 0. The fourth-order valence-electron chi connectivity index (χ4n) is 2.30. The number of aromatic nitrogens is 1. The van der Waals surface area contributed by atoms with E-state index in [4.69, 9.17) is 0 Å². The Hall–Kier alpha value is -1.63. The topological polar surface area (TPSA) is 49.3 Å². The second-order valence-electron chi connectivity index (χ2n) is 6.82. The average Bonchev–Trinajstić information content (AvgIpc) is 2.58. The molecular weight excluding hydrogens is 423 g/mol. The molecule has 1 heterocycles. The second-order valence-corrected chi connectivity index (χ2v) is 6.82. The first-order valence-electron chi connectivity index (χ1n) is 8.50. The highest BCUT2D eigenvalue weighted by atomic mass is 127. The van der Waals surface area contributed by atoms with E-state index in [0.717, 1.165) is 18.2 Å². The van der Waals surface area contributed by atoms with Gasteiger partial charge < -0.3 is 10.6 Å². The van der Waals surface area contributed by atoms with Crippen molar-refractivity contribution in [3.8, 4) is 0 Å². The summed E-state index contributed by atoms with van der Waals surface area (Å²) in [5.41, 5.74) is 3.73. The summed E-state index contributed by atoms with van der Waals surface area (Å²) in [7, 11) is 0. The van der Waals surface area contributed by atoms with Gasteiger partial charge in [-0.1, -0.05) is 51.1 Å². The molecule has 2 rings (SSSR count). The highest BCUT2D eigenvalue weighted by Gasteiger charge is 2.12. The molecule has 1 aromatic heterocycles. The number of guanidine groups is 1. The van der Waals surface area contributed by atoms with Crippen molar-refractivity contribution in [3.05, 3.63) is 65.5 Å². The molecule has 5 heteroatoms. The molecule has 0 bridgehead atoms. The van der Waals surface area contributed by atoms with Crippen LogP contribution in [-0.4, -0.2) is 17.5 Å². The number of pyridine rings is 1. The molecule has 0 aliphatic heterocycles. The minimum absolute atomic E-state index is 0. The van der Waals surface area contributed by atoms with E-state index in [2.05, 4.69) is 72.6 Å². The predicted octanol–water partition coefficient (Wildman–Crippen LogP) is 4.25. The lowest BCUT2D eigenvalue weighted by Gasteiger charge is -2.19. The van der Waals surface area contributed by atoms with Crippen LogP contribution < -0.4 is 10.6 Å². The summed E-state index contributed by atoms with van der Waals surface area (Å²) in [5.74, 6) is 0.808. The van der Waals surface area contributed by atoms with E-state index in [1.54, 1.807) is 6.20 Å². The molecule has 0 radical (unpaired) electrons. The first-order chi connectivity index (χ1) is 11.5. The number of hydrogen-bond acceptors (Lipinski definition) is 2. The Morgan fingerprint density at radius 3 is 2.32 bits per heavy atom. The van der Waals surface area contributed by atoms with E-state index in [1.807, 2.05) is 18.2 Å².